The molecule has 2 aromatic carbocycles. The van der Waals surface area contributed by atoms with E-state index in [0.29, 0.717) is 16.9 Å². The summed E-state index contributed by atoms with van der Waals surface area (Å²) in [6, 6.07) is 12.2. The molecule has 0 unspecified atom stereocenters. The number of alkyl halides is 3. The lowest BCUT2D eigenvalue weighted by Crippen LogP contribution is -2.36. The molecule has 0 saturated carbocycles. The average Bonchev–Trinajstić information content (AvgIpc) is 2.73. The Bertz CT molecular complexity index is 953. The Labute approximate surface area is 190 Å². The molecule has 0 saturated heterocycles. The molecule has 0 spiro atoms. The van der Waals surface area contributed by atoms with Crippen molar-refractivity contribution in [1.82, 2.24) is 5.32 Å². The number of carbonyl (C=O) groups is 3. The first-order chi connectivity index (χ1) is 15.3. The number of para-hydroxylation sites is 2. The van der Waals surface area contributed by atoms with Crippen LogP contribution < -0.4 is 16.0 Å². The number of hydrogen-bond acceptors (Lipinski definition) is 4. The minimum atomic E-state index is -4.96. The number of hydrogen-bond donors (Lipinski definition) is 3. The van der Waals surface area contributed by atoms with Crippen molar-refractivity contribution >= 4 is 29.3 Å². The summed E-state index contributed by atoms with van der Waals surface area (Å²) in [5, 5.41) is 6.97. The molecule has 0 aliphatic carbocycles. The Morgan fingerprint density at radius 3 is 1.85 bits per heavy atom. The van der Waals surface area contributed by atoms with E-state index in [9.17, 15) is 27.6 Å². The number of amides is 3. The molecule has 3 amide bonds. The molecule has 10 heteroatoms. The van der Waals surface area contributed by atoms with Crippen LogP contribution in [-0.4, -0.2) is 29.7 Å². The fourth-order valence-electron chi connectivity index (χ4n) is 2.37. The molecule has 180 valence electrons. The Balaban J connectivity index is 0.00000265. The Hall–Kier alpha value is -3.56. The summed E-state index contributed by atoms with van der Waals surface area (Å²) in [6.07, 6.45) is -5.64. The first-order valence-corrected chi connectivity index (χ1v) is 10.2. The quantitative estimate of drug-likeness (QED) is 0.542. The van der Waals surface area contributed by atoms with E-state index in [1.54, 1.807) is 50.4 Å². The maximum Gasteiger partial charge on any atom is 0.471 e. The van der Waals surface area contributed by atoms with E-state index in [2.05, 4.69) is 10.6 Å². The highest BCUT2D eigenvalue weighted by Crippen LogP contribution is 2.23. The van der Waals surface area contributed by atoms with Crippen LogP contribution >= 0.6 is 0 Å². The zero-order valence-electron chi connectivity index (χ0n) is 19.1. The van der Waals surface area contributed by atoms with Gasteiger partial charge < -0.3 is 15.4 Å². The van der Waals surface area contributed by atoms with E-state index in [-0.39, 0.29) is 12.1 Å². The van der Waals surface area contributed by atoms with E-state index >= 15 is 0 Å². The standard InChI is InChI=1S/C21H22F3N3O4.C2H6/c1-20(2,3)31-19(30)27-16-7-5-4-6-15(16)26-17(28)14-10-8-13(9-11-14)12-25-18(29)21(22,23)24;1-2/h4-11H,12H2,1-3H3,(H,25,29)(H,26,28)(H,27,30);1-2H3. The second-order valence-electron chi connectivity index (χ2n) is 7.50. The number of anilines is 2. The van der Waals surface area contributed by atoms with Crippen LogP contribution in [0.5, 0.6) is 0 Å². The summed E-state index contributed by atoms with van der Waals surface area (Å²) in [4.78, 5) is 35.4. The molecule has 0 aromatic heterocycles. The first-order valence-electron chi connectivity index (χ1n) is 10.2. The third kappa shape index (κ3) is 9.63. The van der Waals surface area contributed by atoms with Crippen LogP contribution in [0.15, 0.2) is 48.5 Å². The molecule has 0 fully saturated rings. The number of carbonyl (C=O) groups excluding carboxylic acids is 3. The average molecular weight is 467 g/mol. The molecule has 3 N–H and O–H groups in total. The van der Waals surface area contributed by atoms with Gasteiger partial charge >= 0.3 is 18.2 Å². The fourth-order valence-corrected chi connectivity index (χ4v) is 2.37. The second kappa shape index (κ2) is 11.9. The SMILES string of the molecule is CC.CC(C)(C)OC(=O)Nc1ccccc1NC(=O)c1ccc(CNC(=O)C(F)(F)F)cc1. The largest absolute Gasteiger partial charge is 0.471 e. The van der Waals surface area contributed by atoms with Crippen molar-refractivity contribution in [3.05, 3.63) is 59.7 Å². The van der Waals surface area contributed by atoms with E-state index in [1.165, 1.54) is 24.3 Å². The summed E-state index contributed by atoms with van der Waals surface area (Å²) >= 11 is 0. The van der Waals surface area contributed by atoms with Gasteiger partial charge in [0.1, 0.15) is 5.60 Å². The van der Waals surface area contributed by atoms with Crippen molar-refractivity contribution in [2.24, 2.45) is 0 Å². The molecule has 0 aliphatic heterocycles. The number of halogens is 3. The van der Waals surface area contributed by atoms with Crippen molar-refractivity contribution in [2.75, 3.05) is 10.6 Å². The highest BCUT2D eigenvalue weighted by Gasteiger charge is 2.38. The van der Waals surface area contributed by atoms with Crippen molar-refractivity contribution in [3.8, 4) is 0 Å². The molecule has 0 radical (unpaired) electrons. The zero-order valence-corrected chi connectivity index (χ0v) is 19.1. The van der Waals surface area contributed by atoms with Gasteiger partial charge in [-0.1, -0.05) is 38.1 Å². The van der Waals surface area contributed by atoms with E-state index in [4.69, 9.17) is 4.74 Å². The maximum absolute atomic E-state index is 12.5. The predicted molar refractivity (Wildman–Crippen MR) is 120 cm³/mol. The van der Waals surface area contributed by atoms with Crippen molar-refractivity contribution in [2.45, 2.75) is 52.9 Å². The number of rotatable bonds is 5. The lowest BCUT2D eigenvalue weighted by molar-refractivity contribution is -0.173. The third-order valence-electron chi connectivity index (χ3n) is 3.74. The normalized spacial score (nSPS) is 10.9. The summed E-state index contributed by atoms with van der Waals surface area (Å²) < 4.78 is 41.9. The molecule has 0 heterocycles. The zero-order chi connectivity index (χ0) is 25.2. The number of benzene rings is 2. The topological polar surface area (TPSA) is 96.5 Å². The van der Waals surface area contributed by atoms with Gasteiger partial charge in [0.15, 0.2) is 0 Å². The summed E-state index contributed by atoms with van der Waals surface area (Å²) in [5.74, 6) is -2.53. The van der Waals surface area contributed by atoms with Gasteiger partial charge in [0, 0.05) is 12.1 Å². The monoisotopic (exact) mass is 467 g/mol. The molecule has 2 rings (SSSR count). The number of nitrogens with one attached hydrogen (secondary N) is 3. The lowest BCUT2D eigenvalue weighted by atomic mass is 10.1. The van der Waals surface area contributed by atoms with E-state index in [1.807, 2.05) is 13.8 Å². The van der Waals surface area contributed by atoms with Crippen LogP contribution in [0.3, 0.4) is 0 Å². The summed E-state index contributed by atoms with van der Waals surface area (Å²) in [7, 11) is 0. The summed E-state index contributed by atoms with van der Waals surface area (Å²) in [6.45, 7) is 8.83. The van der Waals surface area contributed by atoms with Crippen LogP contribution in [0.25, 0.3) is 0 Å². The Kier molecular flexibility index (Phi) is 9.90. The lowest BCUT2D eigenvalue weighted by Gasteiger charge is -2.20. The van der Waals surface area contributed by atoms with Crippen LogP contribution in [0, 0.1) is 0 Å². The molecular weight excluding hydrogens is 439 g/mol. The number of ether oxygens (including phenoxy) is 1. The van der Waals surface area contributed by atoms with Gasteiger partial charge in [-0.3, -0.25) is 14.9 Å². The third-order valence-corrected chi connectivity index (χ3v) is 3.74. The van der Waals surface area contributed by atoms with Gasteiger partial charge in [0.25, 0.3) is 5.91 Å². The van der Waals surface area contributed by atoms with Crippen molar-refractivity contribution in [3.63, 3.8) is 0 Å². The van der Waals surface area contributed by atoms with E-state index < -0.39 is 29.7 Å². The van der Waals surface area contributed by atoms with Gasteiger partial charge in [-0.05, 0) is 50.6 Å². The van der Waals surface area contributed by atoms with Crippen LogP contribution in [0.2, 0.25) is 0 Å². The molecular formula is C23H28F3N3O4. The highest BCUT2D eigenvalue weighted by molar-refractivity contribution is 6.06. The second-order valence-corrected chi connectivity index (χ2v) is 7.50. The summed E-state index contributed by atoms with van der Waals surface area (Å²) in [5.41, 5.74) is 0.597. The minimum absolute atomic E-state index is 0.234. The first kappa shape index (κ1) is 27.5. The molecule has 0 atom stereocenters. The molecule has 7 nitrogen and oxygen atoms in total. The smallest absolute Gasteiger partial charge is 0.444 e. The molecule has 2 aromatic rings. The fraction of sp³-hybridized carbons (Fsp3) is 0.348. The van der Waals surface area contributed by atoms with Crippen LogP contribution in [0.1, 0.15) is 50.5 Å². The molecule has 0 bridgehead atoms. The van der Waals surface area contributed by atoms with E-state index in [0.717, 1.165) is 0 Å². The Morgan fingerprint density at radius 1 is 0.848 bits per heavy atom. The predicted octanol–water partition coefficient (Wildman–Crippen LogP) is 5.49. The molecule has 33 heavy (non-hydrogen) atoms. The van der Waals surface area contributed by atoms with Gasteiger partial charge in [0.05, 0.1) is 11.4 Å². The van der Waals surface area contributed by atoms with Crippen molar-refractivity contribution < 1.29 is 32.3 Å². The van der Waals surface area contributed by atoms with Gasteiger partial charge in [-0.25, -0.2) is 4.79 Å². The van der Waals surface area contributed by atoms with Gasteiger partial charge in [-0.2, -0.15) is 13.2 Å². The van der Waals surface area contributed by atoms with Gasteiger partial charge in [-0.15, -0.1) is 0 Å². The van der Waals surface area contributed by atoms with Crippen molar-refractivity contribution in [1.29, 1.82) is 0 Å². The van der Waals surface area contributed by atoms with Crippen LogP contribution in [0.4, 0.5) is 29.3 Å². The molecule has 0 aliphatic rings. The van der Waals surface area contributed by atoms with Crippen LogP contribution in [-0.2, 0) is 16.1 Å². The van der Waals surface area contributed by atoms with Gasteiger partial charge in [0.2, 0.25) is 0 Å². The maximum atomic E-state index is 12.5. The highest BCUT2D eigenvalue weighted by atomic mass is 19.4. The Morgan fingerprint density at radius 2 is 1.36 bits per heavy atom. The minimum Gasteiger partial charge on any atom is -0.444 e.